The third-order valence-corrected chi connectivity index (χ3v) is 3.04. The Hall–Kier alpha value is -2.01. The summed E-state index contributed by atoms with van der Waals surface area (Å²) in [5, 5.41) is 16.4. The van der Waals surface area contributed by atoms with Crippen LogP contribution in [0.15, 0.2) is 34.9 Å². The Bertz CT molecular complexity index is 639. The summed E-state index contributed by atoms with van der Waals surface area (Å²) in [6.45, 7) is 1.95. The molecule has 1 aliphatic heterocycles. The quantitative estimate of drug-likeness (QED) is 0.789. The number of fused-ring (bicyclic) bond motifs is 1. The van der Waals surface area contributed by atoms with E-state index in [1.807, 2.05) is 31.2 Å². The van der Waals surface area contributed by atoms with Gasteiger partial charge in [-0.1, -0.05) is 23.7 Å². The lowest BCUT2D eigenvalue weighted by Crippen LogP contribution is -2.14. The molecule has 0 saturated heterocycles. The highest BCUT2D eigenvalue weighted by Gasteiger charge is 2.16. The molecule has 0 radical (unpaired) electrons. The Balaban J connectivity index is 1.96. The molecule has 1 aliphatic rings. The highest BCUT2D eigenvalue weighted by atomic mass is 35.5. The van der Waals surface area contributed by atoms with Crippen LogP contribution < -0.4 is 0 Å². The van der Waals surface area contributed by atoms with Gasteiger partial charge in [0.05, 0.1) is 5.71 Å². The van der Waals surface area contributed by atoms with Crippen molar-refractivity contribution in [2.45, 2.75) is 13.3 Å². The van der Waals surface area contributed by atoms with Crippen LogP contribution in [0.5, 0.6) is 0 Å². The molecule has 2 heterocycles. The van der Waals surface area contributed by atoms with Crippen molar-refractivity contribution in [3.8, 4) is 0 Å². The lowest BCUT2D eigenvalue weighted by Gasteiger charge is -2.11. The van der Waals surface area contributed by atoms with E-state index in [0.29, 0.717) is 6.42 Å². The number of aromatic nitrogens is 4. The van der Waals surface area contributed by atoms with Crippen LogP contribution in [0.4, 0.5) is 0 Å². The van der Waals surface area contributed by atoms with Gasteiger partial charge in [-0.05, 0) is 46.7 Å². The predicted molar refractivity (Wildman–Crippen MR) is 69.5 cm³/mol. The van der Waals surface area contributed by atoms with Crippen LogP contribution in [0, 0.1) is 0 Å². The van der Waals surface area contributed by atoms with Crippen LogP contribution in [0.2, 0.25) is 5.02 Å². The second kappa shape index (κ2) is 4.34. The van der Waals surface area contributed by atoms with Gasteiger partial charge in [0, 0.05) is 11.4 Å². The van der Waals surface area contributed by atoms with Crippen LogP contribution in [-0.2, 0) is 6.42 Å². The summed E-state index contributed by atoms with van der Waals surface area (Å²) < 4.78 is 0. The zero-order chi connectivity index (χ0) is 12.5. The molecule has 1 aromatic heterocycles. The van der Waals surface area contributed by atoms with E-state index in [2.05, 4.69) is 26.7 Å². The number of nitrogens with zero attached hydrogens (tertiary/aromatic N) is 5. The van der Waals surface area contributed by atoms with Gasteiger partial charge in [0.2, 0.25) is 0 Å². The summed E-state index contributed by atoms with van der Waals surface area (Å²) in [6.07, 6.45) is 2.76. The third-order valence-electron chi connectivity index (χ3n) is 2.78. The molecule has 0 unspecified atom stereocenters. The van der Waals surface area contributed by atoms with Crippen LogP contribution >= 0.6 is 11.6 Å². The first-order valence-electron chi connectivity index (χ1n) is 5.52. The maximum Gasteiger partial charge on any atom is 0.181 e. The summed E-state index contributed by atoms with van der Waals surface area (Å²) in [5.74, 6) is 0.751. The summed E-state index contributed by atoms with van der Waals surface area (Å²) in [5.41, 5.74) is 3.12. The van der Waals surface area contributed by atoms with E-state index < -0.39 is 0 Å². The highest BCUT2D eigenvalue weighted by molar-refractivity contribution is 6.30. The summed E-state index contributed by atoms with van der Waals surface area (Å²) in [6, 6.07) is 7.68. The standard InChI is InChI=1S/C12H10ClN5/c1-8-10(6-9-2-4-11(13)5-3-9)7-12-14-16-17-18(12)15-8/h2-6H,7H2,1H3/b10-6+. The minimum atomic E-state index is 0.685. The molecule has 0 bridgehead atoms. The van der Waals surface area contributed by atoms with Gasteiger partial charge in [0.25, 0.3) is 0 Å². The molecular formula is C12H10ClN5. The molecule has 0 amide bonds. The Morgan fingerprint density at radius 1 is 1.28 bits per heavy atom. The number of allylic oxidation sites excluding steroid dienone is 1. The van der Waals surface area contributed by atoms with Crippen molar-refractivity contribution in [3.63, 3.8) is 0 Å². The fourth-order valence-corrected chi connectivity index (χ4v) is 1.93. The van der Waals surface area contributed by atoms with E-state index in [-0.39, 0.29) is 0 Å². The van der Waals surface area contributed by atoms with E-state index in [9.17, 15) is 0 Å². The van der Waals surface area contributed by atoms with E-state index in [1.54, 1.807) is 0 Å². The van der Waals surface area contributed by atoms with Crippen molar-refractivity contribution in [1.82, 2.24) is 20.3 Å². The maximum absolute atomic E-state index is 5.86. The van der Waals surface area contributed by atoms with Gasteiger partial charge in [-0.3, -0.25) is 0 Å². The van der Waals surface area contributed by atoms with Crippen molar-refractivity contribution < 1.29 is 0 Å². The minimum absolute atomic E-state index is 0.685. The average Bonchev–Trinajstić information content (AvgIpc) is 2.79. The van der Waals surface area contributed by atoms with Crippen molar-refractivity contribution in [1.29, 1.82) is 0 Å². The first kappa shape index (κ1) is 11.1. The van der Waals surface area contributed by atoms with Crippen LogP contribution in [0.3, 0.4) is 0 Å². The first-order chi connectivity index (χ1) is 8.72. The van der Waals surface area contributed by atoms with E-state index >= 15 is 0 Å². The van der Waals surface area contributed by atoms with Crippen molar-refractivity contribution >= 4 is 23.4 Å². The molecule has 0 N–H and O–H groups in total. The van der Waals surface area contributed by atoms with Crippen LogP contribution in [0.1, 0.15) is 18.3 Å². The normalized spacial score (nSPS) is 16.6. The Kier molecular flexibility index (Phi) is 2.68. The highest BCUT2D eigenvalue weighted by Crippen LogP contribution is 2.18. The fourth-order valence-electron chi connectivity index (χ4n) is 1.81. The van der Waals surface area contributed by atoms with E-state index in [1.165, 1.54) is 4.79 Å². The summed E-state index contributed by atoms with van der Waals surface area (Å²) in [4.78, 5) is 1.47. The fraction of sp³-hybridized carbons (Fsp3) is 0.167. The summed E-state index contributed by atoms with van der Waals surface area (Å²) in [7, 11) is 0. The Labute approximate surface area is 109 Å². The maximum atomic E-state index is 5.86. The van der Waals surface area contributed by atoms with Crippen molar-refractivity contribution in [2.24, 2.45) is 5.10 Å². The zero-order valence-electron chi connectivity index (χ0n) is 9.71. The Morgan fingerprint density at radius 2 is 2.06 bits per heavy atom. The molecule has 0 spiro atoms. The molecule has 3 rings (SSSR count). The minimum Gasteiger partial charge on any atom is -0.152 e. The monoisotopic (exact) mass is 259 g/mol. The van der Waals surface area contributed by atoms with Gasteiger partial charge in [-0.2, -0.15) is 5.10 Å². The SMILES string of the molecule is CC1=Nn2nnnc2C/C1=C\c1ccc(Cl)cc1. The lowest BCUT2D eigenvalue weighted by atomic mass is 10.0. The van der Waals surface area contributed by atoms with Crippen LogP contribution in [0.25, 0.3) is 6.08 Å². The Morgan fingerprint density at radius 3 is 2.83 bits per heavy atom. The number of halogens is 1. The van der Waals surface area contributed by atoms with E-state index in [4.69, 9.17) is 11.6 Å². The second-order valence-electron chi connectivity index (χ2n) is 4.07. The molecule has 2 aromatic rings. The number of rotatable bonds is 1. The van der Waals surface area contributed by atoms with Gasteiger partial charge in [-0.25, -0.2) is 0 Å². The topological polar surface area (TPSA) is 56.0 Å². The molecule has 0 fully saturated rings. The smallest absolute Gasteiger partial charge is 0.152 e. The largest absolute Gasteiger partial charge is 0.181 e. The third kappa shape index (κ3) is 2.04. The van der Waals surface area contributed by atoms with Crippen molar-refractivity contribution in [2.75, 3.05) is 0 Å². The predicted octanol–water partition coefficient (Wildman–Crippen LogP) is 2.19. The summed E-state index contributed by atoms with van der Waals surface area (Å²) >= 11 is 5.86. The van der Waals surface area contributed by atoms with Crippen LogP contribution in [-0.4, -0.2) is 26.0 Å². The number of hydrogen-bond acceptors (Lipinski definition) is 4. The number of hydrogen-bond donors (Lipinski definition) is 0. The zero-order valence-corrected chi connectivity index (χ0v) is 10.5. The van der Waals surface area contributed by atoms with Gasteiger partial charge >= 0.3 is 0 Å². The average molecular weight is 260 g/mol. The lowest BCUT2D eigenvalue weighted by molar-refractivity contribution is 0.655. The van der Waals surface area contributed by atoms with Crippen molar-refractivity contribution in [3.05, 3.63) is 46.2 Å². The molecule has 90 valence electrons. The molecule has 6 heteroatoms. The molecular weight excluding hydrogens is 250 g/mol. The molecule has 1 aromatic carbocycles. The van der Waals surface area contributed by atoms with Gasteiger partial charge in [0.1, 0.15) is 0 Å². The second-order valence-corrected chi connectivity index (χ2v) is 4.50. The molecule has 0 saturated carbocycles. The molecule has 18 heavy (non-hydrogen) atoms. The van der Waals surface area contributed by atoms with Gasteiger partial charge in [-0.15, -0.1) is 9.89 Å². The number of benzene rings is 1. The van der Waals surface area contributed by atoms with Gasteiger partial charge in [0.15, 0.2) is 5.82 Å². The van der Waals surface area contributed by atoms with E-state index in [0.717, 1.165) is 27.7 Å². The molecule has 0 atom stereocenters. The first-order valence-corrected chi connectivity index (χ1v) is 5.89. The van der Waals surface area contributed by atoms with Gasteiger partial charge < -0.3 is 0 Å². The number of tetrazole rings is 1. The molecule has 0 aliphatic carbocycles. The molecule has 5 nitrogen and oxygen atoms in total.